The number of benzene rings is 1. The largest absolute Gasteiger partial charge is 0.331 e. The van der Waals surface area contributed by atoms with Crippen LogP contribution in [0.2, 0.25) is 0 Å². The van der Waals surface area contributed by atoms with E-state index in [1.165, 1.54) is 11.8 Å². The van der Waals surface area contributed by atoms with Gasteiger partial charge in [0, 0.05) is 49.5 Å². The van der Waals surface area contributed by atoms with E-state index in [4.69, 9.17) is 0 Å². The molecule has 0 aliphatic carbocycles. The Balaban J connectivity index is 1.66. The maximum absolute atomic E-state index is 12.8. The first-order chi connectivity index (χ1) is 13.3. The fourth-order valence-electron chi connectivity index (χ4n) is 2.95. The third-order valence-electron chi connectivity index (χ3n) is 4.50. The molecule has 1 aliphatic heterocycles. The van der Waals surface area contributed by atoms with Gasteiger partial charge in [0.1, 0.15) is 0 Å². The molecule has 0 radical (unpaired) electrons. The summed E-state index contributed by atoms with van der Waals surface area (Å²) in [5.41, 5.74) is 0.708. The smallest absolute Gasteiger partial charge is 0.319 e. The van der Waals surface area contributed by atoms with Crippen LogP contribution in [0.3, 0.4) is 0 Å². The van der Waals surface area contributed by atoms with E-state index in [-0.39, 0.29) is 17.9 Å². The van der Waals surface area contributed by atoms with Crippen LogP contribution in [-0.2, 0) is 11.8 Å². The number of piperidine rings is 1. The highest BCUT2D eigenvalue weighted by Gasteiger charge is 2.28. The highest BCUT2D eigenvalue weighted by atomic mass is 79.9. The van der Waals surface area contributed by atoms with Crippen molar-refractivity contribution in [1.82, 2.24) is 30.0 Å². The summed E-state index contributed by atoms with van der Waals surface area (Å²) in [6, 6.07) is 5.68. The molecule has 0 unspecified atom stereocenters. The molecular formula is C17H22BrN7O2S. The molecule has 0 bridgehead atoms. The third-order valence-corrected chi connectivity index (χ3v) is 6.10. The molecule has 2 heterocycles. The van der Waals surface area contributed by atoms with Crippen molar-refractivity contribution in [2.75, 3.05) is 32.5 Å². The third kappa shape index (κ3) is 4.82. The second-order valence-corrected chi connectivity index (χ2v) is 8.68. The second kappa shape index (κ2) is 8.91. The molecule has 1 aromatic carbocycles. The zero-order valence-corrected chi connectivity index (χ0v) is 18.3. The monoisotopic (exact) mass is 467 g/mol. The molecule has 1 aromatic heterocycles. The minimum Gasteiger partial charge on any atom is -0.331 e. The topological polar surface area (TPSA) is 96.2 Å². The number of amides is 3. The first kappa shape index (κ1) is 20.6. The van der Waals surface area contributed by atoms with Crippen LogP contribution in [0.15, 0.2) is 32.7 Å². The van der Waals surface area contributed by atoms with Crippen LogP contribution in [0.1, 0.15) is 12.8 Å². The van der Waals surface area contributed by atoms with Crippen LogP contribution in [0, 0.1) is 5.92 Å². The first-order valence-electron chi connectivity index (χ1n) is 8.82. The van der Waals surface area contributed by atoms with Gasteiger partial charge in [-0.2, -0.15) is 0 Å². The molecule has 0 atom stereocenters. The summed E-state index contributed by atoms with van der Waals surface area (Å²) in [5, 5.41) is 15.1. The number of aromatic nitrogens is 4. The zero-order valence-electron chi connectivity index (χ0n) is 15.9. The van der Waals surface area contributed by atoms with Gasteiger partial charge in [0.25, 0.3) is 0 Å². The van der Waals surface area contributed by atoms with E-state index in [2.05, 4.69) is 36.8 Å². The molecule has 1 N–H and O–H groups in total. The summed E-state index contributed by atoms with van der Waals surface area (Å²) in [6.45, 7) is 1.17. The van der Waals surface area contributed by atoms with Gasteiger partial charge in [-0.25, -0.2) is 9.48 Å². The second-order valence-electron chi connectivity index (χ2n) is 6.76. The van der Waals surface area contributed by atoms with Crippen LogP contribution in [0.5, 0.6) is 0 Å². The Bertz CT molecular complexity index is 865. The van der Waals surface area contributed by atoms with Crippen molar-refractivity contribution < 1.29 is 9.59 Å². The Kier molecular flexibility index (Phi) is 6.55. The van der Waals surface area contributed by atoms with E-state index in [9.17, 15) is 9.59 Å². The summed E-state index contributed by atoms with van der Waals surface area (Å²) in [4.78, 5) is 29.1. The number of halogens is 1. The van der Waals surface area contributed by atoms with E-state index in [0.29, 0.717) is 36.8 Å². The maximum atomic E-state index is 12.8. The number of likely N-dealkylation sites (tertiary alicyclic amines) is 1. The van der Waals surface area contributed by atoms with Crippen LogP contribution in [-0.4, -0.2) is 69.1 Å². The van der Waals surface area contributed by atoms with Gasteiger partial charge in [-0.05, 0) is 53.2 Å². The fourth-order valence-corrected chi connectivity index (χ4v) is 4.11. The van der Waals surface area contributed by atoms with Crippen LogP contribution < -0.4 is 5.32 Å². The number of carbonyl (C=O) groups is 2. The van der Waals surface area contributed by atoms with Gasteiger partial charge in [-0.3, -0.25) is 4.79 Å². The number of carbonyl (C=O) groups excluding carboxylic acids is 2. The van der Waals surface area contributed by atoms with Crippen LogP contribution >= 0.6 is 27.7 Å². The molecule has 1 aliphatic rings. The van der Waals surface area contributed by atoms with E-state index in [0.717, 1.165) is 9.37 Å². The minimum absolute atomic E-state index is 0.0122. The normalized spacial score (nSPS) is 14.8. The van der Waals surface area contributed by atoms with Crippen molar-refractivity contribution in [3.05, 3.63) is 22.7 Å². The molecule has 9 nitrogen and oxygen atoms in total. The van der Waals surface area contributed by atoms with Crippen molar-refractivity contribution in [3.8, 4) is 0 Å². The number of rotatable bonds is 4. The van der Waals surface area contributed by atoms with Gasteiger partial charge in [-0.15, -0.1) is 5.10 Å². The highest BCUT2D eigenvalue weighted by Crippen LogP contribution is 2.34. The van der Waals surface area contributed by atoms with Crippen molar-refractivity contribution in [3.63, 3.8) is 0 Å². The van der Waals surface area contributed by atoms with Gasteiger partial charge in [0.05, 0.1) is 5.69 Å². The van der Waals surface area contributed by atoms with E-state index < -0.39 is 0 Å². The lowest BCUT2D eigenvalue weighted by molar-refractivity contribution is -0.121. The predicted molar refractivity (Wildman–Crippen MR) is 109 cm³/mol. The molecule has 1 saturated heterocycles. The molecule has 28 heavy (non-hydrogen) atoms. The number of nitrogens with zero attached hydrogens (tertiary/aromatic N) is 6. The molecule has 11 heteroatoms. The average molecular weight is 468 g/mol. The molecule has 0 spiro atoms. The Hall–Kier alpha value is -2.14. The highest BCUT2D eigenvalue weighted by molar-refractivity contribution is 9.10. The lowest BCUT2D eigenvalue weighted by atomic mass is 9.96. The molecule has 2 aromatic rings. The standard InChI is InChI=1S/C17H22BrN7O2S/c1-23(2)17(27)25-8-6-11(7-9-25)15(26)19-13-10-12(18)4-5-14(13)28-16-20-21-22-24(16)3/h4-5,10-11H,6-9H2,1-3H3,(H,19,26). The molecular weight excluding hydrogens is 446 g/mol. The average Bonchev–Trinajstić information content (AvgIpc) is 3.08. The lowest BCUT2D eigenvalue weighted by Gasteiger charge is -2.33. The summed E-state index contributed by atoms with van der Waals surface area (Å²) < 4.78 is 2.45. The summed E-state index contributed by atoms with van der Waals surface area (Å²) in [7, 11) is 5.24. The SMILES string of the molecule is CN(C)C(=O)N1CCC(C(=O)Nc2cc(Br)ccc2Sc2nnnn2C)CC1. The van der Waals surface area contributed by atoms with Crippen molar-refractivity contribution in [2.24, 2.45) is 13.0 Å². The summed E-state index contributed by atoms with van der Waals surface area (Å²) >= 11 is 4.84. The van der Waals surface area contributed by atoms with Crippen molar-refractivity contribution in [1.29, 1.82) is 0 Å². The van der Waals surface area contributed by atoms with Gasteiger partial charge in [-0.1, -0.05) is 15.9 Å². The number of tetrazole rings is 1. The summed E-state index contributed by atoms with van der Waals surface area (Å²) in [5.74, 6) is -0.160. The lowest BCUT2D eigenvalue weighted by Crippen LogP contribution is -2.45. The number of anilines is 1. The van der Waals surface area contributed by atoms with Crippen molar-refractivity contribution >= 4 is 45.3 Å². The quantitative estimate of drug-likeness (QED) is 0.741. The molecule has 1 fully saturated rings. The molecule has 3 rings (SSSR count). The Morgan fingerprint density at radius 3 is 2.61 bits per heavy atom. The van der Waals surface area contributed by atoms with E-state index in [1.807, 2.05) is 18.2 Å². The van der Waals surface area contributed by atoms with Crippen molar-refractivity contribution in [2.45, 2.75) is 22.9 Å². The van der Waals surface area contributed by atoms with Gasteiger partial charge < -0.3 is 15.1 Å². The molecule has 0 saturated carbocycles. The Labute approximate surface area is 175 Å². The van der Waals surface area contributed by atoms with Crippen LogP contribution in [0.4, 0.5) is 10.5 Å². The van der Waals surface area contributed by atoms with Gasteiger partial charge >= 0.3 is 6.03 Å². The first-order valence-corrected chi connectivity index (χ1v) is 10.4. The Morgan fingerprint density at radius 2 is 2.00 bits per heavy atom. The number of hydrogen-bond donors (Lipinski definition) is 1. The van der Waals surface area contributed by atoms with Gasteiger partial charge in [0.2, 0.25) is 11.1 Å². The number of aryl methyl sites for hydroxylation is 1. The maximum Gasteiger partial charge on any atom is 0.319 e. The van der Waals surface area contributed by atoms with Crippen LogP contribution in [0.25, 0.3) is 0 Å². The van der Waals surface area contributed by atoms with Gasteiger partial charge in [0.15, 0.2) is 0 Å². The number of nitrogens with one attached hydrogen (secondary N) is 1. The minimum atomic E-state index is -0.125. The molecule has 150 valence electrons. The van der Waals surface area contributed by atoms with E-state index >= 15 is 0 Å². The summed E-state index contributed by atoms with van der Waals surface area (Å²) in [6.07, 6.45) is 1.30. The number of hydrogen-bond acceptors (Lipinski definition) is 6. The fraction of sp³-hybridized carbons (Fsp3) is 0.471. The Morgan fingerprint density at radius 1 is 1.29 bits per heavy atom. The molecule has 3 amide bonds. The zero-order chi connectivity index (χ0) is 20.3. The van der Waals surface area contributed by atoms with E-state index in [1.54, 1.807) is 35.6 Å². The number of urea groups is 1. The predicted octanol–water partition coefficient (Wildman–Crippen LogP) is 2.46.